The average Bonchev–Trinajstić information content (AvgIpc) is 2.62. The molecule has 0 N–H and O–H groups in total. The van der Waals surface area contributed by atoms with E-state index in [-0.39, 0.29) is 5.78 Å². The van der Waals surface area contributed by atoms with Gasteiger partial charge in [0, 0.05) is 6.92 Å². The minimum Gasteiger partial charge on any atom is -0.292 e. The van der Waals surface area contributed by atoms with Crippen molar-refractivity contribution in [2.24, 2.45) is 0 Å². The van der Waals surface area contributed by atoms with E-state index in [4.69, 9.17) is 12.2 Å². The molecule has 0 saturated carbocycles. The van der Waals surface area contributed by atoms with E-state index in [1.54, 1.807) is 4.68 Å². The first kappa shape index (κ1) is 10.2. The molecule has 0 atom stereocenters. The number of aromatic nitrogens is 2. The molecule has 1 aromatic carbocycles. The van der Waals surface area contributed by atoms with Gasteiger partial charge in [-0.3, -0.25) is 4.79 Å². The Balaban J connectivity index is 2.55. The van der Waals surface area contributed by atoms with Gasteiger partial charge in [0.1, 0.15) is 0 Å². The summed E-state index contributed by atoms with van der Waals surface area (Å²) in [6.07, 6.45) is 0. The fourth-order valence-electron chi connectivity index (χ4n) is 1.15. The van der Waals surface area contributed by atoms with Crippen LogP contribution in [0.3, 0.4) is 0 Å². The van der Waals surface area contributed by atoms with E-state index in [1.807, 2.05) is 30.3 Å². The quantitative estimate of drug-likeness (QED) is 0.594. The second-order valence-corrected chi connectivity index (χ2v) is 4.60. The van der Waals surface area contributed by atoms with Crippen molar-refractivity contribution in [1.82, 2.24) is 9.78 Å². The molecule has 0 unspecified atom stereocenters. The molecule has 2 rings (SSSR count). The summed E-state index contributed by atoms with van der Waals surface area (Å²) in [5, 5.41) is 4.61. The molecule has 76 valence electrons. The first-order chi connectivity index (χ1) is 7.18. The lowest BCUT2D eigenvalue weighted by molar-refractivity contribution is 0.101. The predicted molar refractivity (Wildman–Crippen MR) is 62.3 cm³/mol. The zero-order chi connectivity index (χ0) is 10.8. The number of ketones is 1. The summed E-state index contributed by atoms with van der Waals surface area (Å²) < 4.78 is 2.20. The molecule has 0 fully saturated rings. The Morgan fingerprint density at radius 2 is 2.07 bits per heavy atom. The highest BCUT2D eigenvalue weighted by atomic mass is 32.1. The van der Waals surface area contributed by atoms with Gasteiger partial charge in [-0.2, -0.15) is 5.10 Å². The Labute approximate surface area is 96.0 Å². The van der Waals surface area contributed by atoms with Gasteiger partial charge in [-0.15, -0.1) is 0 Å². The van der Waals surface area contributed by atoms with Crippen LogP contribution >= 0.6 is 23.6 Å². The van der Waals surface area contributed by atoms with E-state index >= 15 is 0 Å². The summed E-state index contributed by atoms with van der Waals surface area (Å²) in [5.41, 5.74) is 0.881. The van der Waals surface area contributed by atoms with Crippen molar-refractivity contribution in [3.8, 4) is 5.69 Å². The van der Waals surface area contributed by atoms with Crippen LogP contribution in [0.25, 0.3) is 5.69 Å². The molecular formula is C10H8N2OS2. The monoisotopic (exact) mass is 236 g/mol. The van der Waals surface area contributed by atoms with Crippen LogP contribution in [0.15, 0.2) is 30.3 Å². The van der Waals surface area contributed by atoms with E-state index < -0.39 is 0 Å². The SMILES string of the molecule is CC(=O)c1nn(-c2ccccc2)c(=S)s1. The minimum absolute atomic E-state index is 0.0548. The molecule has 2 aromatic rings. The molecule has 0 aliphatic rings. The minimum atomic E-state index is -0.0548. The zero-order valence-electron chi connectivity index (χ0n) is 8.01. The lowest BCUT2D eigenvalue weighted by Gasteiger charge is -1.98. The van der Waals surface area contributed by atoms with Crippen molar-refractivity contribution in [3.63, 3.8) is 0 Å². The number of rotatable bonds is 2. The Morgan fingerprint density at radius 3 is 2.60 bits per heavy atom. The van der Waals surface area contributed by atoms with Crippen LogP contribution in [0.1, 0.15) is 16.7 Å². The smallest absolute Gasteiger partial charge is 0.190 e. The summed E-state index contributed by atoms with van der Waals surface area (Å²) in [7, 11) is 0. The third-order valence-corrected chi connectivity index (χ3v) is 3.18. The molecule has 0 bridgehead atoms. The molecule has 1 heterocycles. The highest BCUT2D eigenvalue weighted by Crippen LogP contribution is 2.14. The van der Waals surface area contributed by atoms with E-state index in [2.05, 4.69) is 5.10 Å². The fraction of sp³-hybridized carbons (Fsp3) is 0.100. The van der Waals surface area contributed by atoms with Gasteiger partial charge >= 0.3 is 0 Å². The Bertz CT molecular complexity index is 542. The third kappa shape index (κ3) is 2.03. The van der Waals surface area contributed by atoms with Crippen molar-refractivity contribution in [1.29, 1.82) is 0 Å². The first-order valence-electron chi connectivity index (χ1n) is 4.35. The van der Waals surface area contributed by atoms with Crippen LogP contribution in [0, 0.1) is 3.95 Å². The summed E-state index contributed by atoms with van der Waals surface area (Å²) in [6.45, 7) is 1.49. The van der Waals surface area contributed by atoms with Crippen molar-refractivity contribution in [2.45, 2.75) is 6.92 Å². The van der Waals surface area contributed by atoms with E-state index in [9.17, 15) is 4.79 Å². The number of hydrogen-bond donors (Lipinski definition) is 0. The molecule has 0 amide bonds. The Hall–Kier alpha value is -1.33. The van der Waals surface area contributed by atoms with E-state index in [1.165, 1.54) is 18.3 Å². The Morgan fingerprint density at radius 1 is 1.40 bits per heavy atom. The molecule has 3 nitrogen and oxygen atoms in total. The van der Waals surface area contributed by atoms with Crippen LogP contribution in [0.4, 0.5) is 0 Å². The predicted octanol–water partition coefficient (Wildman–Crippen LogP) is 2.87. The topological polar surface area (TPSA) is 34.9 Å². The first-order valence-corrected chi connectivity index (χ1v) is 5.57. The van der Waals surface area contributed by atoms with E-state index in [0.29, 0.717) is 8.96 Å². The molecule has 0 aliphatic heterocycles. The van der Waals surface area contributed by atoms with Gasteiger partial charge < -0.3 is 0 Å². The van der Waals surface area contributed by atoms with Crippen LogP contribution < -0.4 is 0 Å². The average molecular weight is 236 g/mol. The highest BCUT2D eigenvalue weighted by Gasteiger charge is 2.08. The van der Waals surface area contributed by atoms with Gasteiger partial charge in [-0.1, -0.05) is 29.5 Å². The molecular weight excluding hydrogens is 228 g/mol. The third-order valence-electron chi connectivity index (χ3n) is 1.85. The maximum Gasteiger partial charge on any atom is 0.190 e. The second-order valence-electron chi connectivity index (χ2n) is 2.98. The normalized spacial score (nSPS) is 10.2. The van der Waals surface area contributed by atoms with Gasteiger partial charge in [0.2, 0.25) is 0 Å². The van der Waals surface area contributed by atoms with Gasteiger partial charge in [0.25, 0.3) is 0 Å². The van der Waals surface area contributed by atoms with Gasteiger partial charge in [-0.25, -0.2) is 4.68 Å². The van der Waals surface area contributed by atoms with Crippen molar-refractivity contribution >= 4 is 29.3 Å². The maximum absolute atomic E-state index is 11.1. The summed E-state index contributed by atoms with van der Waals surface area (Å²) in [5.74, 6) is -0.0548. The molecule has 0 aliphatic carbocycles. The largest absolute Gasteiger partial charge is 0.292 e. The van der Waals surface area contributed by atoms with Crippen LogP contribution in [0.5, 0.6) is 0 Å². The Kier molecular flexibility index (Phi) is 2.75. The second kappa shape index (κ2) is 4.04. The van der Waals surface area contributed by atoms with Crippen LogP contribution in [-0.4, -0.2) is 15.6 Å². The number of benzene rings is 1. The molecule has 1 aromatic heterocycles. The van der Waals surface area contributed by atoms with Gasteiger partial charge in [0.15, 0.2) is 14.7 Å². The standard InChI is InChI=1S/C10H8N2OS2/c1-7(13)9-11-12(10(14)15-9)8-5-3-2-4-6-8/h2-6H,1H3. The van der Waals surface area contributed by atoms with Crippen molar-refractivity contribution in [2.75, 3.05) is 0 Å². The lowest BCUT2D eigenvalue weighted by Crippen LogP contribution is -1.99. The number of para-hydroxylation sites is 1. The molecule has 0 saturated heterocycles. The summed E-state index contributed by atoms with van der Waals surface area (Å²) in [4.78, 5) is 11.1. The van der Waals surface area contributed by atoms with Gasteiger partial charge in [0.05, 0.1) is 5.69 Å². The van der Waals surface area contributed by atoms with Crippen molar-refractivity contribution < 1.29 is 4.79 Å². The maximum atomic E-state index is 11.1. The van der Waals surface area contributed by atoms with Crippen LogP contribution in [0.2, 0.25) is 0 Å². The van der Waals surface area contributed by atoms with Gasteiger partial charge in [-0.05, 0) is 24.4 Å². The number of Topliss-reactive ketones (excluding diaryl/α,β-unsaturated/α-hetero) is 1. The lowest BCUT2D eigenvalue weighted by atomic mass is 10.3. The molecule has 0 spiro atoms. The summed E-state index contributed by atoms with van der Waals surface area (Å²) in [6, 6.07) is 9.54. The molecule has 15 heavy (non-hydrogen) atoms. The van der Waals surface area contributed by atoms with Crippen LogP contribution in [-0.2, 0) is 0 Å². The number of hydrogen-bond acceptors (Lipinski definition) is 4. The van der Waals surface area contributed by atoms with E-state index in [0.717, 1.165) is 5.69 Å². The summed E-state index contributed by atoms with van der Waals surface area (Å²) >= 11 is 6.38. The molecule has 0 radical (unpaired) electrons. The highest BCUT2D eigenvalue weighted by molar-refractivity contribution is 7.73. The number of carbonyl (C=O) groups is 1. The zero-order valence-corrected chi connectivity index (χ0v) is 9.64. The fourth-order valence-corrected chi connectivity index (χ4v) is 2.20. The number of carbonyl (C=O) groups excluding carboxylic acids is 1. The van der Waals surface area contributed by atoms with Crippen molar-refractivity contribution in [3.05, 3.63) is 39.3 Å². The number of nitrogens with zero attached hydrogens (tertiary/aromatic N) is 2. The molecule has 5 heteroatoms.